The van der Waals surface area contributed by atoms with Gasteiger partial charge in [0.15, 0.2) is 0 Å². The second-order valence-electron chi connectivity index (χ2n) is 5.03. The highest BCUT2D eigenvalue weighted by molar-refractivity contribution is 6.32. The first kappa shape index (κ1) is 11.1. The zero-order chi connectivity index (χ0) is 11.9. The molecule has 1 spiro atoms. The Hall–Kier alpha value is -1.02. The van der Waals surface area contributed by atoms with Crippen LogP contribution in [-0.4, -0.2) is 11.9 Å². The van der Waals surface area contributed by atoms with Gasteiger partial charge in [-0.3, -0.25) is 4.79 Å². The van der Waals surface area contributed by atoms with Gasteiger partial charge in [0, 0.05) is 6.42 Å². The van der Waals surface area contributed by atoms with E-state index in [2.05, 4.69) is 0 Å². The van der Waals surface area contributed by atoms with Gasteiger partial charge in [-0.1, -0.05) is 36.6 Å². The Kier molecular flexibility index (Phi) is 2.62. The molecule has 0 heterocycles. The van der Waals surface area contributed by atoms with Crippen LogP contribution >= 0.6 is 11.6 Å². The zero-order valence-corrected chi connectivity index (χ0v) is 10.4. The van der Waals surface area contributed by atoms with Crippen LogP contribution in [0.4, 0.5) is 0 Å². The maximum absolute atomic E-state index is 11.8. The van der Waals surface area contributed by atoms with E-state index in [4.69, 9.17) is 16.3 Å². The van der Waals surface area contributed by atoms with Gasteiger partial charge in [0.1, 0.15) is 17.6 Å². The molecule has 0 saturated heterocycles. The van der Waals surface area contributed by atoms with Crippen LogP contribution in [-0.2, 0) is 4.79 Å². The van der Waals surface area contributed by atoms with Crippen LogP contribution in [0.25, 0.3) is 0 Å². The monoisotopic (exact) mass is 250 g/mol. The molecule has 0 aromatic heterocycles. The molecule has 2 aliphatic carbocycles. The van der Waals surface area contributed by atoms with Crippen molar-refractivity contribution in [2.24, 2.45) is 5.41 Å². The Bertz CT molecular complexity index is 449. The van der Waals surface area contributed by atoms with Crippen molar-refractivity contribution in [3.63, 3.8) is 0 Å². The predicted octanol–water partition coefficient (Wildman–Crippen LogP) is 3.62. The summed E-state index contributed by atoms with van der Waals surface area (Å²) in [6.45, 7) is 0. The maximum Gasteiger partial charge on any atom is 0.146 e. The number of halogens is 1. The summed E-state index contributed by atoms with van der Waals surface area (Å²) in [5, 5.41) is 0.625. The molecule has 2 aliphatic rings. The van der Waals surface area contributed by atoms with E-state index in [1.54, 1.807) is 0 Å². The molecule has 1 atom stereocenters. The fourth-order valence-corrected chi connectivity index (χ4v) is 3.25. The van der Waals surface area contributed by atoms with Gasteiger partial charge in [-0.2, -0.15) is 0 Å². The van der Waals surface area contributed by atoms with Crippen LogP contribution < -0.4 is 4.74 Å². The molecular weight excluding hydrogens is 236 g/mol. The Labute approximate surface area is 106 Å². The van der Waals surface area contributed by atoms with Crippen LogP contribution in [0.1, 0.15) is 32.1 Å². The molecule has 0 radical (unpaired) electrons. The molecule has 1 aromatic rings. The summed E-state index contributed by atoms with van der Waals surface area (Å²) in [7, 11) is 0. The maximum atomic E-state index is 11.8. The summed E-state index contributed by atoms with van der Waals surface area (Å²) in [5.74, 6) is 1.09. The summed E-state index contributed by atoms with van der Waals surface area (Å²) in [6, 6.07) is 7.47. The van der Waals surface area contributed by atoms with Gasteiger partial charge in [-0.15, -0.1) is 0 Å². The first-order valence-electron chi connectivity index (χ1n) is 6.17. The van der Waals surface area contributed by atoms with Crippen LogP contribution in [0.2, 0.25) is 5.02 Å². The number of hydrogen-bond donors (Lipinski definition) is 0. The van der Waals surface area contributed by atoms with Crippen molar-refractivity contribution in [1.82, 2.24) is 0 Å². The van der Waals surface area contributed by atoms with Gasteiger partial charge in [0.05, 0.1) is 10.4 Å². The molecule has 2 fully saturated rings. The van der Waals surface area contributed by atoms with Crippen molar-refractivity contribution in [2.75, 3.05) is 0 Å². The summed E-state index contributed by atoms with van der Waals surface area (Å²) in [6.07, 6.45) is 4.85. The molecular formula is C14H15ClO2. The van der Waals surface area contributed by atoms with E-state index >= 15 is 0 Å². The van der Waals surface area contributed by atoms with Gasteiger partial charge in [-0.25, -0.2) is 0 Å². The van der Waals surface area contributed by atoms with Crippen molar-refractivity contribution >= 4 is 17.4 Å². The second kappa shape index (κ2) is 4.02. The average Bonchev–Trinajstić information content (AvgIpc) is 2.83. The van der Waals surface area contributed by atoms with Crippen molar-refractivity contribution < 1.29 is 9.53 Å². The molecule has 17 heavy (non-hydrogen) atoms. The molecule has 0 N–H and O–H groups in total. The number of carbonyl (C=O) groups is 1. The van der Waals surface area contributed by atoms with Crippen molar-refractivity contribution in [3.8, 4) is 5.75 Å². The van der Waals surface area contributed by atoms with E-state index in [0.717, 1.165) is 25.7 Å². The fourth-order valence-electron chi connectivity index (χ4n) is 3.07. The summed E-state index contributed by atoms with van der Waals surface area (Å²) in [5.41, 5.74) is -0.181. The normalized spacial score (nSPS) is 25.9. The molecule has 1 unspecified atom stereocenters. The number of Topliss-reactive ketones (excluding diaryl/α,β-unsaturated/α-hetero) is 1. The Balaban J connectivity index is 1.79. The lowest BCUT2D eigenvalue weighted by atomic mass is 9.63. The van der Waals surface area contributed by atoms with Crippen LogP contribution in [0.15, 0.2) is 24.3 Å². The third kappa shape index (κ3) is 1.66. The smallest absolute Gasteiger partial charge is 0.146 e. The lowest BCUT2D eigenvalue weighted by Crippen LogP contribution is -2.55. The minimum Gasteiger partial charge on any atom is -0.487 e. The van der Waals surface area contributed by atoms with Crippen LogP contribution in [0, 0.1) is 5.41 Å². The average molecular weight is 251 g/mol. The van der Waals surface area contributed by atoms with E-state index in [1.807, 2.05) is 24.3 Å². The molecule has 1 aromatic carbocycles. The third-order valence-electron chi connectivity index (χ3n) is 4.14. The van der Waals surface area contributed by atoms with Gasteiger partial charge in [0.2, 0.25) is 0 Å². The molecule has 3 heteroatoms. The highest BCUT2D eigenvalue weighted by Gasteiger charge is 2.57. The van der Waals surface area contributed by atoms with Gasteiger partial charge in [0.25, 0.3) is 0 Å². The first-order valence-corrected chi connectivity index (χ1v) is 6.55. The summed E-state index contributed by atoms with van der Waals surface area (Å²) >= 11 is 6.07. The molecule has 90 valence electrons. The standard InChI is InChI=1S/C14H15ClO2/c15-10-5-1-2-6-11(10)17-13-9-12(16)14(13)7-3-4-8-14/h1-2,5-6,13H,3-4,7-9H2. The minimum atomic E-state index is -0.181. The summed E-state index contributed by atoms with van der Waals surface area (Å²) in [4.78, 5) is 11.8. The highest BCUT2D eigenvalue weighted by Crippen LogP contribution is 2.52. The third-order valence-corrected chi connectivity index (χ3v) is 4.46. The van der Waals surface area contributed by atoms with Gasteiger partial charge < -0.3 is 4.74 Å². The number of benzene rings is 1. The topological polar surface area (TPSA) is 26.3 Å². The van der Waals surface area contributed by atoms with E-state index in [1.165, 1.54) is 0 Å². The van der Waals surface area contributed by atoms with E-state index in [0.29, 0.717) is 23.0 Å². The SMILES string of the molecule is O=C1CC(Oc2ccccc2Cl)C12CCCC2. The van der Waals surface area contributed by atoms with Gasteiger partial charge in [-0.05, 0) is 25.0 Å². The Morgan fingerprint density at radius 2 is 1.94 bits per heavy atom. The van der Waals surface area contributed by atoms with Crippen molar-refractivity contribution in [2.45, 2.75) is 38.2 Å². The number of carbonyl (C=O) groups excluding carboxylic acids is 1. The quantitative estimate of drug-likeness (QED) is 0.801. The van der Waals surface area contributed by atoms with Crippen LogP contribution in [0.5, 0.6) is 5.75 Å². The molecule has 2 nitrogen and oxygen atoms in total. The number of ether oxygens (including phenoxy) is 1. The lowest BCUT2D eigenvalue weighted by molar-refractivity contribution is -0.151. The largest absolute Gasteiger partial charge is 0.487 e. The minimum absolute atomic E-state index is 0.0393. The zero-order valence-electron chi connectivity index (χ0n) is 9.62. The summed E-state index contributed by atoms with van der Waals surface area (Å²) < 4.78 is 5.94. The number of rotatable bonds is 2. The first-order chi connectivity index (χ1) is 8.22. The van der Waals surface area contributed by atoms with Crippen LogP contribution in [0.3, 0.4) is 0 Å². The predicted molar refractivity (Wildman–Crippen MR) is 66.4 cm³/mol. The lowest BCUT2D eigenvalue weighted by Gasteiger charge is -2.44. The van der Waals surface area contributed by atoms with Crippen molar-refractivity contribution in [1.29, 1.82) is 0 Å². The van der Waals surface area contributed by atoms with E-state index in [9.17, 15) is 4.79 Å². The van der Waals surface area contributed by atoms with E-state index in [-0.39, 0.29) is 11.5 Å². The molecule has 2 saturated carbocycles. The number of hydrogen-bond acceptors (Lipinski definition) is 2. The molecule has 0 aliphatic heterocycles. The molecule has 3 rings (SSSR count). The Morgan fingerprint density at radius 1 is 1.24 bits per heavy atom. The highest BCUT2D eigenvalue weighted by atomic mass is 35.5. The Morgan fingerprint density at radius 3 is 2.59 bits per heavy atom. The van der Waals surface area contributed by atoms with Gasteiger partial charge >= 0.3 is 0 Å². The number of para-hydroxylation sites is 1. The molecule has 0 bridgehead atoms. The number of ketones is 1. The van der Waals surface area contributed by atoms with Crippen molar-refractivity contribution in [3.05, 3.63) is 29.3 Å². The molecule has 0 amide bonds. The fraction of sp³-hybridized carbons (Fsp3) is 0.500. The second-order valence-corrected chi connectivity index (χ2v) is 5.43. The van der Waals surface area contributed by atoms with E-state index < -0.39 is 0 Å².